The van der Waals surface area contributed by atoms with E-state index in [1.165, 1.54) is 0 Å². The Labute approximate surface area is 194 Å². The van der Waals surface area contributed by atoms with Gasteiger partial charge in [-0.25, -0.2) is 4.98 Å². The summed E-state index contributed by atoms with van der Waals surface area (Å²) in [5, 5.41) is 3.97. The molecule has 2 aromatic carbocycles. The first kappa shape index (κ1) is 21.6. The molecule has 4 rings (SSSR count). The number of pyridine rings is 1. The predicted molar refractivity (Wildman–Crippen MR) is 127 cm³/mol. The van der Waals surface area contributed by atoms with Crippen LogP contribution in [0.3, 0.4) is 0 Å². The Hall–Kier alpha value is -2.64. The zero-order valence-electron chi connectivity index (χ0n) is 16.8. The van der Waals surface area contributed by atoms with Gasteiger partial charge < -0.3 is 10.2 Å². The summed E-state index contributed by atoms with van der Waals surface area (Å²) in [6.45, 7) is 0.591. The van der Waals surface area contributed by atoms with Crippen LogP contribution < -0.4 is 5.32 Å². The van der Waals surface area contributed by atoms with Gasteiger partial charge in [0.15, 0.2) is 0 Å². The number of hydrogen-bond acceptors (Lipinski definition) is 4. The molecule has 2 heterocycles. The monoisotopic (exact) mass is 495 g/mol. The smallest absolute Gasteiger partial charge is 0.254 e. The van der Waals surface area contributed by atoms with E-state index >= 15 is 0 Å². The highest BCUT2D eigenvalue weighted by molar-refractivity contribution is 9.10. The molecule has 1 fully saturated rings. The third-order valence-electron chi connectivity index (χ3n) is 5.13. The van der Waals surface area contributed by atoms with Crippen molar-refractivity contribution in [2.45, 2.75) is 29.7 Å². The summed E-state index contributed by atoms with van der Waals surface area (Å²) in [7, 11) is 0. The molecule has 1 unspecified atom stereocenters. The topological polar surface area (TPSA) is 62.3 Å². The molecule has 0 aliphatic carbocycles. The van der Waals surface area contributed by atoms with E-state index in [1.54, 1.807) is 35.0 Å². The zero-order chi connectivity index (χ0) is 21.6. The molecule has 0 bridgehead atoms. The van der Waals surface area contributed by atoms with E-state index in [4.69, 9.17) is 0 Å². The molecule has 0 saturated carbocycles. The lowest BCUT2D eigenvalue weighted by Gasteiger charge is -2.24. The molecule has 1 aliphatic heterocycles. The summed E-state index contributed by atoms with van der Waals surface area (Å²) in [6, 6.07) is 20.4. The first-order valence-electron chi connectivity index (χ1n) is 10.1. The number of nitrogens with zero attached hydrogens (tertiary/aromatic N) is 2. The number of hydrogen-bond donors (Lipinski definition) is 1. The number of benzene rings is 2. The number of thioether (sulfide) groups is 1. The Morgan fingerprint density at radius 2 is 1.94 bits per heavy atom. The Balaban J connectivity index is 1.40. The van der Waals surface area contributed by atoms with Crippen molar-refractivity contribution in [1.82, 2.24) is 9.88 Å². The molecule has 0 spiro atoms. The second-order valence-electron chi connectivity index (χ2n) is 7.31. The molecule has 3 aromatic rings. The molecule has 1 N–H and O–H groups in total. The Morgan fingerprint density at radius 3 is 2.71 bits per heavy atom. The number of anilines is 1. The summed E-state index contributed by atoms with van der Waals surface area (Å²) in [5.74, 6) is 0.515. The largest absolute Gasteiger partial charge is 0.327 e. The van der Waals surface area contributed by atoms with E-state index in [-0.39, 0.29) is 11.8 Å². The molecule has 1 aromatic heterocycles. The molecular formula is C24H22BrN3O2S. The average Bonchev–Trinajstić information content (AvgIpc) is 3.29. The number of carbonyl (C=O) groups excluding carboxylic acids is 2. The van der Waals surface area contributed by atoms with Gasteiger partial charge in [-0.1, -0.05) is 34.1 Å². The average molecular weight is 496 g/mol. The maximum absolute atomic E-state index is 13.0. The van der Waals surface area contributed by atoms with Gasteiger partial charge in [-0.15, -0.1) is 11.8 Å². The summed E-state index contributed by atoms with van der Waals surface area (Å²) < 4.78 is 0.917. The maximum atomic E-state index is 13.0. The fraction of sp³-hybridized carbons (Fsp3) is 0.208. The summed E-state index contributed by atoms with van der Waals surface area (Å²) in [5.41, 5.74) is 2.44. The molecular weight excluding hydrogens is 474 g/mol. The SMILES string of the molecule is O=C(Nc1cccc(CSc2ccccn2)c1)C1CCCN1C(=O)c1ccc(Br)cc1. The van der Waals surface area contributed by atoms with Gasteiger partial charge in [0.05, 0.1) is 5.03 Å². The molecule has 0 radical (unpaired) electrons. The quantitative estimate of drug-likeness (QED) is 0.466. The summed E-state index contributed by atoms with van der Waals surface area (Å²) >= 11 is 5.04. The standard InChI is InChI=1S/C24H22BrN3O2S/c25-19-11-9-18(10-12-19)24(30)28-14-4-7-21(28)23(29)27-20-6-3-5-17(15-20)16-31-22-8-1-2-13-26-22/h1-3,5-6,8-13,15,21H,4,7,14,16H2,(H,27,29). The van der Waals surface area contributed by atoms with Gasteiger partial charge in [-0.05, 0) is 66.9 Å². The maximum Gasteiger partial charge on any atom is 0.254 e. The van der Waals surface area contributed by atoms with Crippen molar-refractivity contribution in [2.24, 2.45) is 0 Å². The molecule has 158 valence electrons. The van der Waals surface area contributed by atoms with Crippen LogP contribution in [0, 0.1) is 0 Å². The molecule has 5 nitrogen and oxygen atoms in total. The molecule has 1 saturated heterocycles. The van der Waals surface area contributed by atoms with Crippen LogP contribution in [-0.4, -0.2) is 34.3 Å². The Morgan fingerprint density at radius 1 is 1.10 bits per heavy atom. The molecule has 31 heavy (non-hydrogen) atoms. The number of likely N-dealkylation sites (tertiary alicyclic amines) is 1. The van der Waals surface area contributed by atoms with Crippen LogP contribution in [0.5, 0.6) is 0 Å². The highest BCUT2D eigenvalue weighted by atomic mass is 79.9. The third-order valence-corrected chi connectivity index (χ3v) is 6.67. The fourth-order valence-electron chi connectivity index (χ4n) is 3.59. The van der Waals surface area contributed by atoms with Gasteiger partial charge in [-0.3, -0.25) is 9.59 Å². The molecule has 1 aliphatic rings. The van der Waals surface area contributed by atoms with Crippen LogP contribution in [0.1, 0.15) is 28.8 Å². The van der Waals surface area contributed by atoms with Crippen molar-refractivity contribution in [3.8, 4) is 0 Å². The molecule has 7 heteroatoms. The van der Waals surface area contributed by atoms with E-state index in [0.717, 1.165) is 32.9 Å². The van der Waals surface area contributed by atoms with Crippen LogP contribution in [0.25, 0.3) is 0 Å². The fourth-order valence-corrected chi connectivity index (χ4v) is 4.66. The van der Waals surface area contributed by atoms with Crippen molar-refractivity contribution in [2.75, 3.05) is 11.9 Å². The number of carbonyl (C=O) groups is 2. The highest BCUT2D eigenvalue weighted by Gasteiger charge is 2.34. The van der Waals surface area contributed by atoms with Crippen molar-refractivity contribution in [3.05, 3.63) is 88.5 Å². The lowest BCUT2D eigenvalue weighted by atomic mass is 10.1. The van der Waals surface area contributed by atoms with Crippen LogP contribution in [0.2, 0.25) is 0 Å². The molecule has 2 amide bonds. The Kier molecular flexibility index (Phi) is 7.04. The second-order valence-corrected chi connectivity index (χ2v) is 9.22. The normalized spacial score (nSPS) is 15.6. The van der Waals surface area contributed by atoms with Gasteiger partial charge in [0.25, 0.3) is 5.91 Å². The van der Waals surface area contributed by atoms with Gasteiger partial charge in [0.1, 0.15) is 6.04 Å². The third kappa shape index (κ3) is 5.54. The van der Waals surface area contributed by atoms with E-state index in [0.29, 0.717) is 18.5 Å². The number of nitrogens with one attached hydrogen (secondary N) is 1. The van der Waals surface area contributed by atoms with Crippen molar-refractivity contribution in [3.63, 3.8) is 0 Å². The minimum absolute atomic E-state index is 0.106. The van der Waals surface area contributed by atoms with Crippen LogP contribution in [0.4, 0.5) is 5.69 Å². The highest BCUT2D eigenvalue weighted by Crippen LogP contribution is 2.25. The first-order valence-corrected chi connectivity index (χ1v) is 11.9. The number of aromatic nitrogens is 1. The minimum atomic E-state index is -0.456. The van der Waals surface area contributed by atoms with Gasteiger partial charge in [0, 0.05) is 34.2 Å². The summed E-state index contributed by atoms with van der Waals surface area (Å²) in [6.07, 6.45) is 3.27. The first-order chi connectivity index (χ1) is 15.1. The molecule has 1 atom stereocenters. The van der Waals surface area contributed by atoms with E-state index < -0.39 is 6.04 Å². The van der Waals surface area contributed by atoms with Crippen molar-refractivity contribution < 1.29 is 9.59 Å². The number of halogens is 1. The van der Waals surface area contributed by atoms with Crippen molar-refractivity contribution in [1.29, 1.82) is 0 Å². The summed E-state index contributed by atoms with van der Waals surface area (Å²) in [4.78, 5) is 31.9. The van der Waals surface area contributed by atoms with E-state index in [9.17, 15) is 9.59 Å². The zero-order valence-corrected chi connectivity index (χ0v) is 19.2. The van der Waals surface area contributed by atoms with Gasteiger partial charge in [-0.2, -0.15) is 0 Å². The lowest BCUT2D eigenvalue weighted by Crippen LogP contribution is -2.43. The Bertz CT molecular complexity index is 1060. The number of rotatable bonds is 6. The number of amides is 2. The predicted octanol–water partition coefficient (Wildman–Crippen LogP) is 5.38. The second kappa shape index (κ2) is 10.1. The van der Waals surface area contributed by atoms with Crippen LogP contribution in [0.15, 0.2) is 82.4 Å². The van der Waals surface area contributed by atoms with E-state index in [1.807, 2.05) is 54.6 Å². The lowest BCUT2D eigenvalue weighted by molar-refractivity contribution is -0.119. The van der Waals surface area contributed by atoms with Crippen LogP contribution >= 0.6 is 27.7 Å². The van der Waals surface area contributed by atoms with Gasteiger partial charge in [0.2, 0.25) is 5.91 Å². The van der Waals surface area contributed by atoms with E-state index in [2.05, 4.69) is 26.2 Å². The van der Waals surface area contributed by atoms with Crippen molar-refractivity contribution >= 4 is 45.2 Å². The van der Waals surface area contributed by atoms with Gasteiger partial charge >= 0.3 is 0 Å². The minimum Gasteiger partial charge on any atom is -0.327 e. The van der Waals surface area contributed by atoms with Crippen LogP contribution in [-0.2, 0) is 10.5 Å².